The quantitative estimate of drug-likeness (QED) is 0.716. The maximum absolute atomic E-state index is 12.0. The lowest BCUT2D eigenvalue weighted by atomic mass is 10.1. The topological polar surface area (TPSA) is 78.9 Å². The van der Waals surface area contributed by atoms with E-state index in [0.29, 0.717) is 13.1 Å². The maximum Gasteiger partial charge on any atom is 0.279 e. The second-order valence-corrected chi connectivity index (χ2v) is 6.63. The summed E-state index contributed by atoms with van der Waals surface area (Å²) in [5, 5.41) is 9.12. The number of ether oxygens (including phenoxy) is 1. The third kappa shape index (κ3) is 4.18. The minimum atomic E-state index is -3.47. The van der Waals surface area contributed by atoms with Crippen LogP contribution in [0.15, 0.2) is 0 Å². The first-order chi connectivity index (χ1) is 7.80. The molecule has 1 rings (SSSR count). The molecule has 0 aromatic rings. The first kappa shape index (κ1) is 14.8. The second kappa shape index (κ2) is 5.62. The molecule has 1 unspecified atom stereocenters. The van der Waals surface area contributed by atoms with Gasteiger partial charge in [0.05, 0.1) is 18.3 Å². The van der Waals surface area contributed by atoms with Crippen molar-refractivity contribution in [3.8, 4) is 0 Å². The molecule has 0 aromatic heterocycles. The van der Waals surface area contributed by atoms with E-state index in [9.17, 15) is 8.42 Å². The van der Waals surface area contributed by atoms with Crippen LogP contribution in [0.5, 0.6) is 0 Å². The van der Waals surface area contributed by atoms with E-state index in [-0.39, 0.29) is 13.2 Å². The third-order valence-corrected chi connectivity index (χ3v) is 4.06. The van der Waals surface area contributed by atoms with Crippen molar-refractivity contribution in [2.45, 2.75) is 38.9 Å². The molecule has 1 atom stereocenters. The van der Waals surface area contributed by atoms with E-state index >= 15 is 0 Å². The third-order valence-electron chi connectivity index (χ3n) is 2.53. The maximum atomic E-state index is 12.0. The highest BCUT2D eigenvalue weighted by molar-refractivity contribution is 7.87. The molecule has 1 fully saturated rings. The van der Waals surface area contributed by atoms with E-state index in [2.05, 4.69) is 4.72 Å². The zero-order chi connectivity index (χ0) is 13.1. The number of aliphatic hydroxyl groups is 1. The summed E-state index contributed by atoms with van der Waals surface area (Å²) in [6.07, 6.45) is 0.285. The van der Waals surface area contributed by atoms with Crippen LogP contribution in [0.25, 0.3) is 0 Å². The predicted octanol–water partition coefficient (Wildman–Crippen LogP) is -0.297. The van der Waals surface area contributed by atoms with Crippen LogP contribution in [0.4, 0.5) is 0 Å². The van der Waals surface area contributed by atoms with Gasteiger partial charge in [0.2, 0.25) is 0 Å². The summed E-state index contributed by atoms with van der Waals surface area (Å²) in [6.45, 7) is 6.27. The Morgan fingerprint density at radius 1 is 1.53 bits per heavy atom. The highest BCUT2D eigenvalue weighted by atomic mass is 32.2. The number of rotatable bonds is 5. The van der Waals surface area contributed by atoms with E-state index in [4.69, 9.17) is 9.84 Å². The van der Waals surface area contributed by atoms with Crippen molar-refractivity contribution in [2.24, 2.45) is 0 Å². The van der Waals surface area contributed by atoms with Gasteiger partial charge < -0.3 is 9.84 Å². The Morgan fingerprint density at radius 2 is 2.18 bits per heavy atom. The highest BCUT2D eigenvalue weighted by Crippen LogP contribution is 2.22. The Bertz CT molecular complexity index is 342. The summed E-state index contributed by atoms with van der Waals surface area (Å²) < 4.78 is 33.4. The number of aliphatic hydroxyl groups excluding tert-OH is 1. The van der Waals surface area contributed by atoms with Gasteiger partial charge in [-0.05, 0) is 20.3 Å². The van der Waals surface area contributed by atoms with Gasteiger partial charge in [-0.3, -0.25) is 0 Å². The van der Waals surface area contributed by atoms with Crippen molar-refractivity contribution in [1.29, 1.82) is 0 Å². The molecule has 0 spiro atoms. The molecule has 1 saturated heterocycles. The molecule has 0 amide bonds. The highest BCUT2D eigenvalue weighted by Gasteiger charge is 2.38. The lowest BCUT2D eigenvalue weighted by Crippen LogP contribution is -2.57. The van der Waals surface area contributed by atoms with E-state index < -0.39 is 21.9 Å². The molecule has 1 aliphatic heterocycles. The Balaban J connectivity index is 2.76. The van der Waals surface area contributed by atoms with Crippen LogP contribution in [-0.4, -0.2) is 55.8 Å². The zero-order valence-corrected chi connectivity index (χ0v) is 11.5. The summed E-state index contributed by atoms with van der Waals surface area (Å²) in [4.78, 5) is 0. The van der Waals surface area contributed by atoms with Crippen molar-refractivity contribution < 1.29 is 18.3 Å². The van der Waals surface area contributed by atoms with Gasteiger partial charge >= 0.3 is 0 Å². The minimum absolute atomic E-state index is 0.177. The van der Waals surface area contributed by atoms with Crippen LogP contribution in [0, 0.1) is 0 Å². The molecule has 102 valence electrons. The Kier molecular flexibility index (Phi) is 4.91. The number of nitrogens with zero attached hydrogens (tertiary/aromatic N) is 1. The Morgan fingerprint density at radius 3 is 2.71 bits per heavy atom. The standard InChI is InChI=1S/C10H22N2O4S/c1-4-5-11-17(14,15)12-6-9(7-13)16-10(2,3)8-12/h9,11,13H,4-8H2,1-3H3. The molecule has 0 aromatic carbocycles. The van der Waals surface area contributed by atoms with Crippen LogP contribution in [-0.2, 0) is 14.9 Å². The second-order valence-electron chi connectivity index (χ2n) is 4.87. The van der Waals surface area contributed by atoms with E-state index in [0.717, 1.165) is 6.42 Å². The monoisotopic (exact) mass is 266 g/mol. The van der Waals surface area contributed by atoms with Gasteiger partial charge in [0, 0.05) is 19.6 Å². The Labute approximate surface area is 103 Å². The van der Waals surface area contributed by atoms with Gasteiger partial charge in [-0.15, -0.1) is 0 Å². The van der Waals surface area contributed by atoms with Crippen molar-refractivity contribution >= 4 is 10.2 Å². The number of hydrogen-bond donors (Lipinski definition) is 2. The number of hydrogen-bond acceptors (Lipinski definition) is 4. The van der Waals surface area contributed by atoms with Crippen molar-refractivity contribution in [3.05, 3.63) is 0 Å². The van der Waals surface area contributed by atoms with Gasteiger partial charge in [0.15, 0.2) is 0 Å². The molecule has 0 bridgehead atoms. The fourth-order valence-corrected chi connectivity index (χ4v) is 3.33. The molecule has 6 nitrogen and oxygen atoms in total. The van der Waals surface area contributed by atoms with Crippen LogP contribution in [0.2, 0.25) is 0 Å². The molecule has 0 aliphatic carbocycles. The zero-order valence-electron chi connectivity index (χ0n) is 10.6. The van der Waals surface area contributed by atoms with E-state index in [1.807, 2.05) is 20.8 Å². The van der Waals surface area contributed by atoms with Crippen LogP contribution < -0.4 is 4.72 Å². The first-order valence-electron chi connectivity index (χ1n) is 5.84. The lowest BCUT2D eigenvalue weighted by Gasteiger charge is -2.41. The molecule has 17 heavy (non-hydrogen) atoms. The van der Waals surface area contributed by atoms with Gasteiger partial charge in [-0.2, -0.15) is 12.7 Å². The SMILES string of the molecule is CCCNS(=O)(=O)N1CC(CO)OC(C)(C)C1. The summed E-state index contributed by atoms with van der Waals surface area (Å²) >= 11 is 0. The summed E-state index contributed by atoms with van der Waals surface area (Å²) in [5.41, 5.74) is -0.577. The molecule has 0 saturated carbocycles. The van der Waals surface area contributed by atoms with E-state index in [1.165, 1.54) is 4.31 Å². The fraction of sp³-hybridized carbons (Fsp3) is 1.00. The summed E-state index contributed by atoms with van der Waals surface area (Å²) in [7, 11) is -3.47. The van der Waals surface area contributed by atoms with Crippen LogP contribution >= 0.6 is 0 Å². The summed E-state index contributed by atoms with van der Waals surface area (Å²) in [5.74, 6) is 0. The first-order valence-corrected chi connectivity index (χ1v) is 7.28. The largest absolute Gasteiger partial charge is 0.394 e. The molecule has 0 radical (unpaired) electrons. The van der Waals surface area contributed by atoms with Crippen molar-refractivity contribution in [2.75, 3.05) is 26.2 Å². The molecular weight excluding hydrogens is 244 g/mol. The average molecular weight is 266 g/mol. The van der Waals surface area contributed by atoms with Crippen molar-refractivity contribution in [3.63, 3.8) is 0 Å². The molecule has 2 N–H and O–H groups in total. The number of nitrogens with one attached hydrogen (secondary N) is 1. The Hall–Kier alpha value is -0.210. The van der Waals surface area contributed by atoms with Crippen molar-refractivity contribution in [1.82, 2.24) is 9.03 Å². The molecular formula is C10H22N2O4S. The number of morpholine rings is 1. The molecule has 1 heterocycles. The minimum Gasteiger partial charge on any atom is -0.394 e. The molecule has 7 heteroatoms. The van der Waals surface area contributed by atoms with Crippen LogP contribution in [0.3, 0.4) is 0 Å². The van der Waals surface area contributed by atoms with Gasteiger partial charge in [0.1, 0.15) is 0 Å². The summed E-state index contributed by atoms with van der Waals surface area (Å²) in [6, 6.07) is 0. The molecule has 1 aliphatic rings. The van der Waals surface area contributed by atoms with Crippen LogP contribution in [0.1, 0.15) is 27.2 Å². The predicted molar refractivity (Wildman–Crippen MR) is 64.8 cm³/mol. The lowest BCUT2D eigenvalue weighted by molar-refractivity contribution is -0.131. The van der Waals surface area contributed by atoms with E-state index in [1.54, 1.807) is 0 Å². The van der Waals surface area contributed by atoms with Gasteiger partial charge in [0.25, 0.3) is 10.2 Å². The van der Waals surface area contributed by atoms with Gasteiger partial charge in [-0.25, -0.2) is 4.72 Å². The normalized spacial score (nSPS) is 26.0. The fourth-order valence-electron chi connectivity index (χ4n) is 1.84. The van der Waals surface area contributed by atoms with Gasteiger partial charge in [-0.1, -0.05) is 6.92 Å². The average Bonchev–Trinajstić information content (AvgIpc) is 2.24. The smallest absolute Gasteiger partial charge is 0.279 e.